The van der Waals surface area contributed by atoms with E-state index in [4.69, 9.17) is 15.0 Å². The molecule has 11 nitrogen and oxygen atoms in total. The van der Waals surface area contributed by atoms with Gasteiger partial charge >= 0.3 is 0 Å². The highest BCUT2D eigenvalue weighted by Gasteiger charge is 2.21. The summed E-state index contributed by atoms with van der Waals surface area (Å²) in [6.07, 6.45) is 7.30. The summed E-state index contributed by atoms with van der Waals surface area (Å²) < 4.78 is 25.0. The lowest BCUT2D eigenvalue weighted by Gasteiger charge is -2.32. The van der Waals surface area contributed by atoms with Gasteiger partial charge in [0.1, 0.15) is 17.6 Å². The Morgan fingerprint density at radius 1 is 1.27 bits per heavy atom. The Labute approximate surface area is 213 Å². The molecular formula is C25H30FN7O4. The van der Waals surface area contributed by atoms with E-state index in [1.807, 2.05) is 0 Å². The zero-order valence-corrected chi connectivity index (χ0v) is 20.8. The van der Waals surface area contributed by atoms with E-state index in [9.17, 15) is 14.0 Å². The number of primary amides is 1. The van der Waals surface area contributed by atoms with Crippen molar-refractivity contribution in [3.63, 3.8) is 0 Å². The number of amides is 2. The smallest absolute Gasteiger partial charge is 0.254 e. The van der Waals surface area contributed by atoms with Gasteiger partial charge in [0.2, 0.25) is 23.6 Å². The number of carbonyl (C=O) groups excluding carboxylic acids is 2. The first-order chi connectivity index (χ1) is 17.8. The van der Waals surface area contributed by atoms with E-state index >= 15 is 0 Å². The van der Waals surface area contributed by atoms with Crippen LogP contribution in [0.1, 0.15) is 48.9 Å². The molecule has 0 unspecified atom stereocenters. The largest absolute Gasteiger partial charge is 0.493 e. The molecule has 3 N–H and O–H groups in total. The molecular weight excluding hydrogens is 481 g/mol. The molecule has 37 heavy (non-hydrogen) atoms. The van der Waals surface area contributed by atoms with Crippen LogP contribution in [0, 0.1) is 18.7 Å². The molecule has 1 fully saturated rings. The number of nitrogens with two attached hydrogens (primary N) is 1. The van der Waals surface area contributed by atoms with Gasteiger partial charge in [-0.2, -0.15) is 4.98 Å². The molecule has 1 aliphatic heterocycles. The van der Waals surface area contributed by atoms with Gasteiger partial charge < -0.3 is 25.2 Å². The van der Waals surface area contributed by atoms with Crippen LogP contribution in [-0.2, 0) is 4.79 Å². The highest BCUT2D eigenvalue weighted by molar-refractivity contribution is 5.97. The van der Waals surface area contributed by atoms with Gasteiger partial charge in [-0.1, -0.05) is 5.16 Å². The lowest BCUT2D eigenvalue weighted by Crippen LogP contribution is -2.42. The topological polar surface area (TPSA) is 149 Å². The molecule has 0 saturated carbocycles. The Balaban J connectivity index is 1.17. The average Bonchev–Trinajstić information content (AvgIpc) is 3.33. The monoisotopic (exact) mass is 511 g/mol. The molecule has 1 aromatic carbocycles. The Kier molecular flexibility index (Phi) is 8.26. The Bertz CT molecular complexity index is 1230. The van der Waals surface area contributed by atoms with Crippen LogP contribution in [0.4, 0.5) is 10.3 Å². The highest BCUT2D eigenvalue weighted by Crippen LogP contribution is 2.25. The minimum atomic E-state index is -0.894. The Hall–Kier alpha value is -4.09. The van der Waals surface area contributed by atoms with Crippen LogP contribution >= 0.6 is 0 Å². The van der Waals surface area contributed by atoms with Gasteiger partial charge in [0.25, 0.3) is 5.91 Å². The van der Waals surface area contributed by atoms with E-state index < -0.39 is 23.7 Å². The average molecular weight is 512 g/mol. The molecule has 0 bridgehead atoms. The van der Waals surface area contributed by atoms with E-state index in [0.29, 0.717) is 41.5 Å². The number of hydrogen-bond acceptors (Lipinski definition) is 9. The van der Waals surface area contributed by atoms with Gasteiger partial charge in [-0.05, 0) is 50.7 Å². The SMILES string of the molecule is Cc1nc(-c2cnc(N3CCC(CCCOc4ccc(C(=O)N[C@@H](C)C(N)=O)c(F)c4)CC3)nc2)no1. The van der Waals surface area contributed by atoms with Gasteiger partial charge in [-0.3, -0.25) is 9.59 Å². The fraction of sp³-hybridized carbons (Fsp3) is 0.440. The van der Waals surface area contributed by atoms with Crippen LogP contribution in [0.5, 0.6) is 5.75 Å². The van der Waals surface area contributed by atoms with Gasteiger partial charge in [0.05, 0.1) is 17.7 Å². The number of ether oxygens (including phenoxy) is 1. The molecule has 0 spiro atoms. The zero-order valence-electron chi connectivity index (χ0n) is 20.8. The van der Waals surface area contributed by atoms with Crippen LogP contribution in [0.25, 0.3) is 11.4 Å². The number of halogens is 1. The molecule has 1 atom stereocenters. The molecule has 2 aromatic heterocycles. The van der Waals surface area contributed by atoms with Crippen molar-refractivity contribution in [3.8, 4) is 17.1 Å². The second-order valence-corrected chi connectivity index (χ2v) is 9.07. The minimum Gasteiger partial charge on any atom is -0.493 e. The van der Waals surface area contributed by atoms with Crippen LogP contribution in [-0.4, -0.2) is 57.7 Å². The van der Waals surface area contributed by atoms with Crippen molar-refractivity contribution in [2.24, 2.45) is 11.7 Å². The number of anilines is 1. The molecule has 1 saturated heterocycles. The van der Waals surface area contributed by atoms with E-state index in [-0.39, 0.29) is 5.56 Å². The first-order valence-corrected chi connectivity index (χ1v) is 12.2. The lowest BCUT2D eigenvalue weighted by atomic mass is 9.92. The summed E-state index contributed by atoms with van der Waals surface area (Å²) in [5.41, 5.74) is 5.67. The van der Waals surface area contributed by atoms with E-state index in [0.717, 1.165) is 38.8 Å². The molecule has 0 aliphatic carbocycles. The fourth-order valence-electron chi connectivity index (χ4n) is 4.12. The quantitative estimate of drug-likeness (QED) is 0.392. The van der Waals surface area contributed by atoms with Crippen LogP contribution < -0.4 is 20.7 Å². The van der Waals surface area contributed by atoms with Gasteiger partial charge in [-0.25, -0.2) is 14.4 Å². The molecule has 3 aromatic rings. The highest BCUT2D eigenvalue weighted by atomic mass is 19.1. The predicted octanol–water partition coefficient (Wildman–Crippen LogP) is 2.65. The van der Waals surface area contributed by atoms with E-state index in [2.05, 4.69) is 30.3 Å². The number of rotatable bonds is 10. The summed E-state index contributed by atoms with van der Waals surface area (Å²) in [6, 6.07) is 3.15. The van der Waals surface area contributed by atoms with Crippen molar-refractivity contribution in [3.05, 3.63) is 47.9 Å². The van der Waals surface area contributed by atoms with Crippen molar-refractivity contribution in [1.29, 1.82) is 0 Å². The van der Waals surface area contributed by atoms with Gasteiger partial charge in [0, 0.05) is 38.5 Å². The molecule has 196 valence electrons. The van der Waals surface area contributed by atoms with E-state index in [1.54, 1.807) is 19.3 Å². The van der Waals surface area contributed by atoms with Crippen LogP contribution in [0.3, 0.4) is 0 Å². The normalized spacial score (nSPS) is 14.8. The van der Waals surface area contributed by atoms with Crippen molar-refractivity contribution >= 4 is 17.8 Å². The maximum Gasteiger partial charge on any atom is 0.254 e. The number of aryl methyl sites for hydroxylation is 1. The maximum absolute atomic E-state index is 14.4. The summed E-state index contributed by atoms with van der Waals surface area (Å²) in [5.74, 6) is 0.456. The molecule has 2 amide bonds. The summed E-state index contributed by atoms with van der Waals surface area (Å²) in [6.45, 7) is 5.36. The number of piperidine rings is 1. The van der Waals surface area contributed by atoms with Gasteiger partial charge in [-0.15, -0.1) is 0 Å². The predicted molar refractivity (Wildman–Crippen MR) is 132 cm³/mol. The number of carbonyl (C=O) groups is 2. The number of nitrogens with one attached hydrogen (secondary N) is 1. The number of aromatic nitrogens is 4. The van der Waals surface area contributed by atoms with E-state index in [1.165, 1.54) is 25.1 Å². The molecule has 12 heteroatoms. The summed E-state index contributed by atoms with van der Waals surface area (Å²) in [4.78, 5) is 38.5. The Morgan fingerprint density at radius 2 is 2.00 bits per heavy atom. The number of hydrogen-bond donors (Lipinski definition) is 2. The van der Waals surface area contributed by atoms with Crippen LogP contribution in [0.15, 0.2) is 35.1 Å². The summed E-state index contributed by atoms with van der Waals surface area (Å²) >= 11 is 0. The van der Waals surface area contributed by atoms with Crippen molar-refractivity contribution < 1.29 is 23.2 Å². The lowest BCUT2D eigenvalue weighted by molar-refractivity contribution is -0.119. The third-order valence-corrected chi connectivity index (χ3v) is 6.31. The first kappa shape index (κ1) is 26.0. The maximum atomic E-state index is 14.4. The third-order valence-electron chi connectivity index (χ3n) is 6.31. The second kappa shape index (κ2) is 11.8. The zero-order chi connectivity index (χ0) is 26.4. The fourth-order valence-corrected chi connectivity index (χ4v) is 4.12. The van der Waals surface area contributed by atoms with Crippen molar-refractivity contribution in [2.45, 2.75) is 45.6 Å². The molecule has 3 heterocycles. The molecule has 1 aliphatic rings. The minimum absolute atomic E-state index is 0.171. The Morgan fingerprint density at radius 3 is 2.62 bits per heavy atom. The molecule has 0 radical (unpaired) electrons. The second-order valence-electron chi connectivity index (χ2n) is 9.07. The number of nitrogens with zero attached hydrogens (tertiary/aromatic N) is 5. The summed E-state index contributed by atoms with van der Waals surface area (Å²) in [5, 5.41) is 6.24. The van der Waals surface area contributed by atoms with Crippen molar-refractivity contribution in [1.82, 2.24) is 25.4 Å². The van der Waals surface area contributed by atoms with Gasteiger partial charge in [0.15, 0.2) is 0 Å². The third kappa shape index (κ3) is 6.78. The van der Waals surface area contributed by atoms with Crippen molar-refractivity contribution in [2.75, 3.05) is 24.6 Å². The summed E-state index contributed by atoms with van der Waals surface area (Å²) in [7, 11) is 0. The number of benzene rings is 1. The standard InChI is InChI=1S/C25H30FN7O4/c1-15(22(27)34)30-24(35)20-6-5-19(12-21(20)26)36-11-3-4-17-7-9-33(10-8-17)25-28-13-18(14-29-25)23-31-16(2)37-32-23/h5-6,12-15,17H,3-4,7-11H2,1-2H3,(H2,27,34)(H,30,35)/t15-/m0/s1. The van der Waals surface area contributed by atoms with Crippen LogP contribution in [0.2, 0.25) is 0 Å². The molecule has 4 rings (SSSR count). The first-order valence-electron chi connectivity index (χ1n) is 12.2.